The Morgan fingerprint density at radius 3 is 2.38 bits per heavy atom. The first kappa shape index (κ1) is 25.1. The van der Waals surface area contributed by atoms with Crippen molar-refractivity contribution in [2.24, 2.45) is 0 Å². The number of fused-ring (bicyclic) bond motifs is 1. The summed E-state index contributed by atoms with van der Waals surface area (Å²) in [6.45, 7) is 5.36. The molecule has 9 nitrogen and oxygen atoms in total. The number of piperazine rings is 1. The van der Waals surface area contributed by atoms with E-state index in [0.29, 0.717) is 24.4 Å². The Hall–Kier alpha value is -2.01. The number of hydrogen-bond donors (Lipinski definition) is 1. The summed E-state index contributed by atoms with van der Waals surface area (Å²) in [6.07, 6.45) is 3.33. The first-order chi connectivity index (χ1) is 16.1. The molecule has 3 unspecified atom stereocenters. The van der Waals surface area contributed by atoms with Gasteiger partial charge < -0.3 is 15.1 Å². The van der Waals surface area contributed by atoms with Gasteiger partial charge in [-0.15, -0.1) is 0 Å². The molecule has 0 bridgehead atoms. The van der Waals surface area contributed by atoms with Gasteiger partial charge in [0.05, 0.1) is 4.90 Å². The van der Waals surface area contributed by atoms with E-state index in [0.717, 1.165) is 51.1 Å². The minimum Gasteiger partial charge on any atom is -0.353 e. The zero-order valence-corrected chi connectivity index (χ0v) is 21.3. The molecule has 4 rings (SSSR count). The summed E-state index contributed by atoms with van der Waals surface area (Å²) in [5, 5.41) is 3.12. The zero-order chi connectivity index (χ0) is 24.5. The van der Waals surface area contributed by atoms with Gasteiger partial charge in [-0.05, 0) is 44.6 Å². The molecule has 188 valence electrons. The van der Waals surface area contributed by atoms with E-state index in [9.17, 15) is 18.0 Å². The Kier molecular flexibility index (Phi) is 7.61. The van der Waals surface area contributed by atoms with Gasteiger partial charge in [0.25, 0.3) is 0 Å². The summed E-state index contributed by atoms with van der Waals surface area (Å²) < 4.78 is 23.5. The van der Waals surface area contributed by atoms with E-state index >= 15 is 0 Å². The quantitative estimate of drug-likeness (QED) is 0.600. The van der Waals surface area contributed by atoms with Crippen LogP contribution in [0.4, 0.5) is 0 Å². The van der Waals surface area contributed by atoms with Crippen LogP contribution in [0.1, 0.15) is 24.8 Å². The SMILES string of the molecule is CN1CCN(C(=O)CCC2CNC(=O)C3C(CCN3Cc3ccc(S(C)(=O)=O)cc3)N2C)CC1. The lowest BCUT2D eigenvalue weighted by atomic mass is 10.0. The Morgan fingerprint density at radius 1 is 1.06 bits per heavy atom. The van der Waals surface area contributed by atoms with Crippen molar-refractivity contribution in [2.75, 3.05) is 59.6 Å². The number of hydrogen-bond acceptors (Lipinski definition) is 7. The molecule has 1 aromatic carbocycles. The molecule has 3 atom stereocenters. The van der Waals surface area contributed by atoms with Crippen molar-refractivity contribution in [1.29, 1.82) is 0 Å². The first-order valence-corrected chi connectivity index (χ1v) is 14.0. The summed E-state index contributed by atoms with van der Waals surface area (Å²) in [7, 11) is 0.929. The number of carbonyl (C=O) groups excluding carboxylic acids is 2. The molecule has 2 amide bonds. The summed E-state index contributed by atoms with van der Waals surface area (Å²) in [5.74, 6) is 0.245. The third-order valence-electron chi connectivity index (χ3n) is 7.63. The van der Waals surface area contributed by atoms with Crippen molar-refractivity contribution in [3.8, 4) is 0 Å². The highest BCUT2D eigenvalue weighted by atomic mass is 32.2. The fourth-order valence-electron chi connectivity index (χ4n) is 5.41. The number of carbonyl (C=O) groups is 2. The predicted octanol–water partition coefficient (Wildman–Crippen LogP) is 0.0174. The predicted molar refractivity (Wildman–Crippen MR) is 130 cm³/mol. The van der Waals surface area contributed by atoms with Gasteiger partial charge in [0.15, 0.2) is 9.84 Å². The van der Waals surface area contributed by atoms with Crippen LogP contribution in [0.5, 0.6) is 0 Å². The molecule has 0 aromatic heterocycles. The van der Waals surface area contributed by atoms with Gasteiger partial charge in [0, 0.05) is 70.6 Å². The minimum absolute atomic E-state index is 0.0370. The molecule has 0 saturated carbocycles. The van der Waals surface area contributed by atoms with Crippen molar-refractivity contribution in [3.63, 3.8) is 0 Å². The third-order valence-corrected chi connectivity index (χ3v) is 8.76. The lowest BCUT2D eigenvalue weighted by molar-refractivity contribution is -0.133. The van der Waals surface area contributed by atoms with Crippen LogP contribution in [0.25, 0.3) is 0 Å². The summed E-state index contributed by atoms with van der Waals surface area (Å²) in [4.78, 5) is 34.8. The van der Waals surface area contributed by atoms with E-state index in [1.54, 1.807) is 12.1 Å². The van der Waals surface area contributed by atoms with E-state index < -0.39 is 9.84 Å². The van der Waals surface area contributed by atoms with Crippen molar-refractivity contribution in [1.82, 2.24) is 24.9 Å². The average Bonchev–Trinajstić information content (AvgIpc) is 3.17. The summed E-state index contributed by atoms with van der Waals surface area (Å²) in [6, 6.07) is 6.89. The number of rotatable bonds is 6. The standard InChI is InChI=1S/C24H37N5O4S/c1-26-12-14-28(15-13-26)22(30)9-6-19-16-25-24(31)23-21(27(19)2)10-11-29(23)17-18-4-7-20(8-5-18)34(3,32)33/h4-5,7-8,19,21,23H,6,9-17H2,1-3H3,(H,25,31). The molecule has 1 N–H and O–H groups in total. The van der Waals surface area contributed by atoms with Crippen LogP contribution < -0.4 is 5.32 Å². The van der Waals surface area contributed by atoms with Crippen LogP contribution in [0.15, 0.2) is 29.2 Å². The number of benzene rings is 1. The van der Waals surface area contributed by atoms with E-state index in [-0.39, 0.29) is 29.9 Å². The van der Waals surface area contributed by atoms with Gasteiger partial charge in [-0.25, -0.2) is 8.42 Å². The Balaban J connectivity index is 1.36. The highest BCUT2D eigenvalue weighted by Crippen LogP contribution is 2.29. The number of nitrogens with one attached hydrogen (secondary N) is 1. The van der Waals surface area contributed by atoms with Gasteiger partial charge in [-0.2, -0.15) is 0 Å². The molecule has 1 aromatic rings. The fourth-order valence-corrected chi connectivity index (χ4v) is 6.04. The molecule has 0 radical (unpaired) electrons. The Bertz CT molecular complexity index is 991. The van der Waals surface area contributed by atoms with E-state index in [4.69, 9.17) is 0 Å². The third kappa shape index (κ3) is 5.62. The van der Waals surface area contributed by atoms with Gasteiger partial charge in [0.1, 0.15) is 6.04 Å². The minimum atomic E-state index is -3.23. The molecule has 0 aliphatic carbocycles. The van der Waals surface area contributed by atoms with Crippen LogP contribution in [-0.4, -0.2) is 118 Å². The second-order valence-electron chi connectivity index (χ2n) is 9.97. The molecule has 3 saturated heterocycles. The first-order valence-electron chi connectivity index (χ1n) is 12.1. The van der Waals surface area contributed by atoms with Gasteiger partial charge in [-0.1, -0.05) is 12.1 Å². The number of likely N-dealkylation sites (N-methyl/N-ethyl adjacent to an activating group) is 2. The Morgan fingerprint density at radius 2 is 1.74 bits per heavy atom. The maximum atomic E-state index is 13.1. The van der Waals surface area contributed by atoms with Gasteiger partial charge in [-0.3, -0.25) is 19.4 Å². The van der Waals surface area contributed by atoms with Crippen LogP contribution in [0.3, 0.4) is 0 Å². The maximum Gasteiger partial charge on any atom is 0.239 e. The largest absolute Gasteiger partial charge is 0.353 e. The van der Waals surface area contributed by atoms with Crippen LogP contribution in [0.2, 0.25) is 0 Å². The highest BCUT2D eigenvalue weighted by Gasteiger charge is 2.45. The van der Waals surface area contributed by atoms with Gasteiger partial charge >= 0.3 is 0 Å². The molecule has 10 heteroatoms. The number of amides is 2. The summed E-state index contributed by atoms with van der Waals surface area (Å²) in [5.41, 5.74) is 0.988. The smallest absolute Gasteiger partial charge is 0.239 e. The van der Waals surface area contributed by atoms with Crippen LogP contribution in [0, 0.1) is 0 Å². The monoisotopic (exact) mass is 491 g/mol. The molecule has 3 aliphatic rings. The van der Waals surface area contributed by atoms with E-state index in [2.05, 4.69) is 34.1 Å². The zero-order valence-electron chi connectivity index (χ0n) is 20.4. The van der Waals surface area contributed by atoms with E-state index in [1.165, 1.54) is 6.26 Å². The second kappa shape index (κ2) is 10.3. The van der Waals surface area contributed by atoms with E-state index in [1.807, 2.05) is 17.0 Å². The van der Waals surface area contributed by atoms with Gasteiger partial charge in [0.2, 0.25) is 11.8 Å². The number of sulfone groups is 1. The topological polar surface area (TPSA) is 93.3 Å². The molecule has 3 fully saturated rings. The molecular weight excluding hydrogens is 454 g/mol. The van der Waals surface area contributed by atoms with Crippen molar-refractivity contribution < 1.29 is 18.0 Å². The number of likely N-dealkylation sites (tertiary alicyclic amines) is 1. The van der Waals surface area contributed by atoms with Crippen molar-refractivity contribution in [2.45, 2.75) is 48.8 Å². The lowest BCUT2D eigenvalue weighted by Crippen LogP contribution is -2.50. The lowest BCUT2D eigenvalue weighted by Gasteiger charge is -2.35. The molecule has 0 spiro atoms. The molecule has 34 heavy (non-hydrogen) atoms. The maximum absolute atomic E-state index is 13.1. The molecule has 3 aliphatic heterocycles. The Labute approximate surface area is 203 Å². The average molecular weight is 492 g/mol. The second-order valence-corrected chi connectivity index (χ2v) is 12.0. The number of nitrogens with zero attached hydrogens (tertiary/aromatic N) is 4. The summed E-state index contributed by atoms with van der Waals surface area (Å²) >= 11 is 0. The fraction of sp³-hybridized carbons (Fsp3) is 0.667. The normalized spacial score (nSPS) is 27.3. The highest BCUT2D eigenvalue weighted by molar-refractivity contribution is 7.90. The molecular formula is C24H37N5O4S. The van der Waals surface area contributed by atoms with Crippen molar-refractivity contribution >= 4 is 21.7 Å². The van der Waals surface area contributed by atoms with Crippen LogP contribution in [-0.2, 0) is 26.0 Å². The molecule has 3 heterocycles. The van der Waals surface area contributed by atoms with Crippen LogP contribution >= 0.6 is 0 Å². The van der Waals surface area contributed by atoms with Crippen molar-refractivity contribution in [3.05, 3.63) is 29.8 Å².